The molecular weight excluding hydrogens is 204 g/mol. The number of rotatable bonds is 5. The maximum Gasteiger partial charge on any atom is 0.161 e. The summed E-state index contributed by atoms with van der Waals surface area (Å²) in [5, 5.41) is 9.44. The minimum atomic E-state index is -0.510. The van der Waals surface area contributed by atoms with Crippen LogP contribution in [-0.4, -0.2) is 18.8 Å². The van der Waals surface area contributed by atoms with Crippen molar-refractivity contribution in [2.24, 2.45) is 0 Å². The summed E-state index contributed by atoms with van der Waals surface area (Å²) in [6.07, 6.45) is -0.510. The fourth-order valence-electron chi connectivity index (χ4n) is 1.26. The molecule has 3 nitrogen and oxygen atoms in total. The van der Waals surface area contributed by atoms with Crippen LogP contribution in [-0.2, 0) is 0 Å². The van der Waals surface area contributed by atoms with Gasteiger partial charge in [-0.15, -0.1) is 0 Å². The minimum absolute atomic E-state index is 0.463. The summed E-state index contributed by atoms with van der Waals surface area (Å²) < 4.78 is 10.7. The third kappa shape index (κ3) is 3.28. The third-order valence-electron chi connectivity index (χ3n) is 2.14. The Bertz CT molecular complexity index is 369. The van der Waals surface area contributed by atoms with Crippen LogP contribution in [0.25, 0.3) is 0 Å². The van der Waals surface area contributed by atoms with Crippen LogP contribution in [0.3, 0.4) is 0 Å². The van der Waals surface area contributed by atoms with Crippen LogP contribution >= 0.6 is 0 Å². The van der Waals surface area contributed by atoms with Gasteiger partial charge in [-0.2, -0.15) is 0 Å². The molecule has 0 aliphatic heterocycles. The molecule has 1 aromatic rings. The molecule has 0 heterocycles. The van der Waals surface area contributed by atoms with Crippen LogP contribution in [0, 0.1) is 0 Å². The fraction of sp³-hybridized carbons (Fsp3) is 0.385. The first-order chi connectivity index (χ1) is 7.54. The van der Waals surface area contributed by atoms with Gasteiger partial charge < -0.3 is 14.6 Å². The Morgan fingerprint density at radius 1 is 1.44 bits per heavy atom. The highest BCUT2D eigenvalue weighted by Gasteiger charge is 2.08. The molecule has 1 aromatic carbocycles. The molecule has 0 aliphatic rings. The zero-order valence-electron chi connectivity index (χ0n) is 9.99. The summed E-state index contributed by atoms with van der Waals surface area (Å²) in [4.78, 5) is 0. The van der Waals surface area contributed by atoms with Gasteiger partial charge in [0.25, 0.3) is 0 Å². The summed E-state index contributed by atoms with van der Waals surface area (Å²) in [7, 11) is 1.58. The molecule has 3 heteroatoms. The molecule has 0 saturated carbocycles. The van der Waals surface area contributed by atoms with Gasteiger partial charge >= 0.3 is 0 Å². The van der Waals surface area contributed by atoms with Gasteiger partial charge in [0, 0.05) is 0 Å². The summed E-state index contributed by atoms with van der Waals surface area (Å²) in [5.74, 6) is 1.29. The van der Waals surface area contributed by atoms with Crippen LogP contribution in [0.4, 0.5) is 0 Å². The molecule has 0 aromatic heterocycles. The molecular formula is C13H18O3. The first-order valence-corrected chi connectivity index (χ1v) is 5.17. The Kier molecular flexibility index (Phi) is 4.38. The number of benzene rings is 1. The van der Waals surface area contributed by atoms with E-state index in [1.807, 2.05) is 13.0 Å². The van der Waals surface area contributed by atoms with Gasteiger partial charge in [-0.3, -0.25) is 0 Å². The molecule has 0 amide bonds. The number of hydrogen-bond donors (Lipinski definition) is 1. The molecule has 1 atom stereocenters. The predicted molar refractivity (Wildman–Crippen MR) is 63.9 cm³/mol. The van der Waals surface area contributed by atoms with Gasteiger partial charge in [0.05, 0.1) is 13.2 Å². The van der Waals surface area contributed by atoms with E-state index in [9.17, 15) is 5.11 Å². The van der Waals surface area contributed by atoms with E-state index in [2.05, 4.69) is 6.58 Å². The zero-order chi connectivity index (χ0) is 12.1. The van der Waals surface area contributed by atoms with Crippen LogP contribution < -0.4 is 9.47 Å². The van der Waals surface area contributed by atoms with Gasteiger partial charge in [-0.05, 0) is 37.1 Å². The average molecular weight is 222 g/mol. The molecule has 1 rings (SSSR count). The molecule has 0 aliphatic carbocycles. The zero-order valence-corrected chi connectivity index (χ0v) is 9.99. The molecule has 0 fully saturated rings. The smallest absolute Gasteiger partial charge is 0.161 e. The van der Waals surface area contributed by atoms with Crippen molar-refractivity contribution in [3.05, 3.63) is 35.9 Å². The van der Waals surface area contributed by atoms with Gasteiger partial charge in [-0.25, -0.2) is 0 Å². The highest BCUT2D eigenvalue weighted by molar-refractivity contribution is 5.43. The van der Waals surface area contributed by atoms with Crippen LogP contribution in [0.15, 0.2) is 30.4 Å². The van der Waals surface area contributed by atoms with E-state index in [-0.39, 0.29) is 0 Å². The van der Waals surface area contributed by atoms with Gasteiger partial charge in [-0.1, -0.05) is 12.6 Å². The maximum absolute atomic E-state index is 9.44. The van der Waals surface area contributed by atoms with Crippen molar-refractivity contribution in [2.75, 3.05) is 13.7 Å². The fourth-order valence-corrected chi connectivity index (χ4v) is 1.26. The lowest BCUT2D eigenvalue weighted by Gasteiger charge is -2.13. The molecule has 0 saturated heterocycles. The summed E-state index contributed by atoms with van der Waals surface area (Å²) in [6.45, 7) is 7.84. The normalized spacial score (nSPS) is 12.0. The Labute approximate surface area is 96.3 Å². The first-order valence-electron chi connectivity index (χ1n) is 5.17. The van der Waals surface area contributed by atoms with E-state index in [0.29, 0.717) is 18.1 Å². The standard InChI is InChI=1S/C13H18O3/c1-9(2)8-16-12-6-5-11(10(3)14)7-13(12)15-4/h5-7,10,14H,1,8H2,2-4H3/t10-/m1/s1. The van der Waals surface area contributed by atoms with Crippen LogP contribution in [0.5, 0.6) is 11.5 Å². The number of methoxy groups -OCH3 is 1. The molecule has 0 bridgehead atoms. The van der Waals surface area contributed by atoms with Crippen molar-refractivity contribution in [1.29, 1.82) is 0 Å². The minimum Gasteiger partial charge on any atom is -0.493 e. The Balaban J connectivity index is 2.88. The Morgan fingerprint density at radius 3 is 2.62 bits per heavy atom. The molecule has 0 unspecified atom stereocenters. The summed E-state index contributed by atoms with van der Waals surface area (Å²) in [6, 6.07) is 5.39. The number of hydrogen-bond acceptors (Lipinski definition) is 3. The highest BCUT2D eigenvalue weighted by Crippen LogP contribution is 2.30. The third-order valence-corrected chi connectivity index (χ3v) is 2.14. The average Bonchev–Trinajstić information content (AvgIpc) is 2.25. The maximum atomic E-state index is 9.44. The van der Waals surface area contributed by atoms with E-state index in [4.69, 9.17) is 9.47 Å². The van der Waals surface area contributed by atoms with E-state index in [0.717, 1.165) is 11.1 Å². The van der Waals surface area contributed by atoms with Gasteiger partial charge in [0.15, 0.2) is 11.5 Å². The van der Waals surface area contributed by atoms with E-state index < -0.39 is 6.10 Å². The lowest BCUT2D eigenvalue weighted by Crippen LogP contribution is -2.01. The van der Waals surface area contributed by atoms with Crippen molar-refractivity contribution in [3.63, 3.8) is 0 Å². The lowest BCUT2D eigenvalue weighted by molar-refractivity contribution is 0.198. The number of aliphatic hydroxyl groups is 1. The summed E-state index contributed by atoms with van der Waals surface area (Å²) >= 11 is 0. The number of ether oxygens (including phenoxy) is 2. The van der Waals surface area contributed by atoms with Crippen molar-refractivity contribution >= 4 is 0 Å². The van der Waals surface area contributed by atoms with Crippen molar-refractivity contribution in [3.8, 4) is 11.5 Å². The van der Waals surface area contributed by atoms with Crippen LogP contribution in [0.2, 0.25) is 0 Å². The predicted octanol–water partition coefficient (Wildman–Crippen LogP) is 2.70. The molecule has 0 spiro atoms. The second-order valence-electron chi connectivity index (χ2n) is 3.83. The quantitative estimate of drug-likeness (QED) is 0.778. The Hall–Kier alpha value is -1.48. The van der Waals surface area contributed by atoms with E-state index >= 15 is 0 Å². The van der Waals surface area contributed by atoms with Crippen molar-refractivity contribution in [2.45, 2.75) is 20.0 Å². The lowest BCUT2D eigenvalue weighted by atomic mass is 10.1. The molecule has 88 valence electrons. The molecule has 16 heavy (non-hydrogen) atoms. The topological polar surface area (TPSA) is 38.7 Å². The molecule has 1 N–H and O–H groups in total. The second kappa shape index (κ2) is 5.56. The monoisotopic (exact) mass is 222 g/mol. The SMILES string of the molecule is C=C(C)COc1ccc([C@@H](C)O)cc1OC. The second-order valence-corrected chi connectivity index (χ2v) is 3.83. The highest BCUT2D eigenvalue weighted by atomic mass is 16.5. The Morgan fingerprint density at radius 2 is 2.12 bits per heavy atom. The first kappa shape index (κ1) is 12.6. The van der Waals surface area contributed by atoms with E-state index in [1.54, 1.807) is 26.2 Å². The van der Waals surface area contributed by atoms with E-state index in [1.165, 1.54) is 0 Å². The van der Waals surface area contributed by atoms with Crippen LogP contribution in [0.1, 0.15) is 25.5 Å². The van der Waals surface area contributed by atoms with Crippen molar-refractivity contribution in [1.82, 2.24) is 0 Å². The van der Waals surface area contributed by atoms with Crippen molar-refractivity contribution < 1.29 is 14.6 Å². The summed E-state index contributed by atoms with van der Waals surface area (Å²) in [5.41, 5.74) is 1.75. The number of aliphatic hydroxyl groups excluding tert-OH is 1. The molecule has 0 radical (unpaired) electrons. The van der Waals surface area contributed by atoms with Gasteiger partial charge in [0.1, 0.15) is 6.61 Å². The van der Waals surface area contributed by atoms with Gasteiger partial charge in [0.2, 0.25) is 0 Å². The largest absolute Gasteiger partial charge is 0.493 e.